The van der Waals surface area contributed by atoms with Crippen LogP contribution >= 0.6 is 0 Å². The van der Waals surface area contributed by atoms with Crippen LogP contribution in [-0.4, -0.2) is 18.8 Å². The maximum absolute atomic E-state index is 5.52. The zero-order valence-electron chi connectivity index (χ0n) is 8.33. The van der Waals surface area contributed by atoms with Crippen LogP contribution in [0.15, 0.2) is 12.7 Å². The number of ether oxygens (including phenoxy) is 1. The highest BCUT2D eigenvalue weighted by Crippen LogP contribution is 2.25. The first-order valence-corrected chi connectivity index (χ1v) is 4.98. The molecule has 3 heteroatoms. The van der Waals surface area contributed by atoms with Crippen molar-refractivity contribution in [2.75, 3.05) is 6.61 Å². The van der Waals surface area contributed by atoms with E-state index in [1.807, 2.05) is 6.08 Å². The molecule has 0 radical (unpaired) electrons. The largest absolute Gasteiger partial charge is 0.378 e. The van der Waals surface area contributed by atoms with Gasteiger partial charge in [-0.3, -0.25) is 11.3 Å². The van der Waals surface area contributed by atoms with Crippen LogP contribution < -0.4 is 11.3 Å². The summed E-state index contributed by atoms with van der Waals surface area (Å²) in [6.45, 7) is 6.71. The van der Waals surface area contributed by atoms with Crippen molar-refractivity contribution >= 4 is 0 Å². The van der Waals surface area contributed by atoms with Crippen molar-refractivity contribution in [3.8, 4) is 0 Å². The molecule has 0 aromatic rings. The van der Waals surface area contributed by atoms with E-state index < -0.39 is 0 Å². The molecule has 76 valence electrons. The molecule has 1 fully saturated rings. The molecule has 0 aromatic carbocycles. The Morgan fingerprint density at radius 2 is 2.54 bits per heavy atom. The van der Waals surface area contributed by atoms with E-state index in [4.69, 9.17) is 10.6 Å². The van der Waals surface area contributed by atoms with Crippen LogP contribution in [0.25, 0.3) is 0 Å². The third-order valence-corrected chi connectivity index (χ3v) is 2.85. The molecule has 3 N–H and O–H groups in total. The van der Waals surface area contributed by atoms with Crippen molar-refractivity contribution < 1.29 is 4.74 Å². The Morgan fingerprint density at radius 1 is 1.77 bits per heavy atom. The highest BCUT2D eigenvalue weighted by atomic mass is 16.5. The number of nitrogens with two attached hydrogens (primary N) is 1. The van der Waals surface area contributed by atoms with Gasteiger partial charge in [0.25, 0.3) is 0 Å². The van der Waals surface area contributed by atoms with Crippen LogP contribution in [0.2, 0.25) is 0 Å². The van der Waals surface area contributed by atoms with Crippen molar-refractivity contribution in [1.29, 1.82) is 0 Å². The molecular formula is C10H20N2O. The molecule has 13 heavy (non-hydrogen) atoms. The van der Waals surface area contributed by atoms with Crippen molar-refractivity contribution in [2.24, 2.45) is 11.8 Å². The predicted molar refractivity (Wildman–Crippen MR) is 54.1 cm³/mol. The van der Waals surface area contributed by atoms with Gasteiger partial charge in [-0.1, -0.05) is 6.08 Å². The minimum Gasteiger partial charge on any atom is -0.378 e. The molecule has 1 heterocycles. The minimum atomic E-state index is 0.339. The maximum Gasteiger partial charge on any atom is 0.0591 e. The monoisotopic (exact) mass is 184 g/mol. The first-order chi connectivity index (χ1) is 6.29. The van der Waals surface area contributed by atoms with Crippen LogP contribution in [0.3, 0.4) is 0 Å². The number of allylic oxidation sites excluding steroid dienone is 1. The third kappa shape index (κ3) is 2.79. The molecule has 0 spiro atoms. The third-order valence-electron chi connectivity index (χ3n) is 2.85. The quantitative estimate of drug-likeness (QED) is 0.383. The summed E-state index contributed by atoms with van der Waals surface area (Å²) in [5, 5.41) is 0. The number of hydrogen-bond donors (Lipinski definition) is 2. The maximum atomic E-state index is 5.52. The van der Waals surface area contributed by atoms with E-state index in [-0.39, 0.29) is 0 Å². The molecule has 1 aliphatic rings. The van der Waals surface area contributed by atoms with E-state index in [0.29, 0.717) is 18.1 Å². The summed E-state index contributed by atoms with van der Waals surface area (Å²) in [4.78, 5) is 0. The van der Waals surface area contributed by atoms with Crippen molar-refractivity contribution in [1.82, 2.24) is 5.43 Å². The topological polar surface area (TPSA) is 47.3 Å². The number of nitrogens with one attached hydrogen (secondary N) is 1. The fourth-order valence-electron chi connectivity index (χ4n) is 2.00. The molecule has 0 bridgehead atoms. The number of rotatable bonds is 5. The minimum absolute atomic E-state index is 0.339. The molecule has 3 atom stereocenters. The van der Waals surface area contributed by atoms with Gasteiger partial charge in [0.05, 0.1) is 6.10 Å². The van der Waals surface area contributed by atoms with Gasteiger partial charge in [0.15, 0.2) is 0 Å². The summed E-state index contributed by atoms with van der Waals surface area (Å²) in [5.41, 5.74) is 2.88. The van der Waals surface area contributed by atoms with Crippen LogP contribution in [0, 0.1) is 5.92 Å². The molecule has 3 unspecified atom stereocenters. The summed E-state index contributed by atoms with van der Waals surface area (Å²) in [6.07, 6.45) is 5.46. The fourth-order valence-corrected chi connectivity index (χ4v) is 2.00. The molecular weight excluding hydrogens is 164 g/mol. The Bertz CT molecular complexity index is 161. The molecule has 1 saturated heterocycles. The van der Waals surface area contributed by atoms with E-state index in [1.54, 1.807) is 0 Å². The van der Waals surface area contributed by atoms with Gasteiger partial charge < -0.3 is 4.74 Å². The van der Waals surface area contributed by atoms with Crippen molar-refractivity contribution in [3.05, 3.63) is 12.7 Å². The molecule has 3 nitrogen and oxygen atoms in total. The summed E-state index contributed by atoms with van der Waals surface area (Å²) in [6, 6.07) is 0.371. The second kappa shape index (κ2) is 5.37. The number of hydrogen-bond acceptors (Lipinski definition) is 3. The second-order valence-corrected chi connectivity index (χ2v) is 3.67. The lowest BCUT2D eigenvalue weighted by atomic mass is 9.91. The van der Waals surface area contributed by atoms with Gasteiger partial charge in [-0.25, -0.2) is 0 Å². The Hall–Kier alpha value is -0.380. The van der Waals surface area contributed by atoms with Gasteiger partial charge >= 0.3 is 0 Å². The summed E-state index contributed by atoms with van der Waals surface area (Å²) >= 11 is 0. The standard InChI is InChI=1S/C10H20N2O/c1-3-4-5-10(12-11)9-6-7-13-8(9)2/h3,8-10,12H,1,4-7,11H2,2H3. The smallest absolute Gasteiger partial charge is 0.0591 e. The van der Waals surface area contributed by atoms with E-state index in [9.17, 15) is 0 Å². The van der Waals surface area contributed by atoms with E-state index in [2.05, 4.69) is 18.9 Å². The summed E-state index contributed by atoms with van der Waals surface area (Å²) < 4.78 is 5.51. The lowest BCUT2D eigenvalue weighted by Gasteiger charge is -2.24. The van der Waals surface area contributed by atoms with Gasteiger partial charge in [0.2, 0.25) is 0 Å². The van der Waals surface area contributed by atoms with Gasteiger partial charge in [-0.2, -0.15) is 0 Å². The van der Waals surface area contributed by atoms with E-state index in [1.165, 1.54) is 0 Å². The summed E-state index contributed by atoms with van der Waals surface area (Å²) in [7, 11) is 0. The first-order valence-electron chi connectivity index (χ1n) is 4.98. The fraction of sp³-hybridized carbons (Fsp3) is 0.800. The lowest BCUT2D eigenvalue weighted by Crippen LogP contribution is -2.43. The molecule has 1 aliphatic heterocycles. The normalized spacial score (nSPS) is 30.3. The van der Waals surface area contributed by atoms with Crippen LogP contribution in [-0.2, 0) is 4.74 Å². The molecule has 0 aliphatic carbocycles. The van der Waals surface area contributed by atoms with Gasteiger partial charge in [-0.15, -0.1) is 6.58 Å². The van der Waals surface area contributed by atoms with Gasteiger partial charge in [0, 0.05) is 18.6 Å². The average molecular weight is 184 g/mol. The SMILES string of the molecule is C=CCCC(NN)C1CCOC1C. The summed E-state index contributed by atoms with van der Waals surface area (Å²) in [5.74, 6) is 6.08. The first kappa shape index (κ1) is 10.7. The predicted octanol–water partition coefficient (Wildman–Crippen LogP) is 1.21. The van der Waals surface area contributed by atoms with Crippen molar-refractivity contribution in [2.45, 2.75) is 38.3 Å². The lowest BCUT2D eigenvalue weighted by molar-refractivity contribution is 0.0944. The Labute approximate surface area is 80.3 Å². The highest BCUT2D eigenvalue weighted by molar-refractivity contribution is 4.84. The average Bonchev–Trinajstić information content (AvgIpc) is 2.54. The zero-order chi connectivity index (χ0) is 9.68. The van der Waals surface area contributed by atoms with Gasteiger partial charge in [-0.05, 0) is 26.2 Å². The van der Waals surface area contributed by atoms with Crippen LogP contribution in [0.5, 0.6) is 0 Å². The number of hydrazine groups is 1. The van der Waals surface area contributed by atoms with Crippen LogP contribution in [0.4, 0.5) is 0 Å². The second-order valence-electron chi connectivity index (χ2n) is 3.67. The van der Waals surface area contributed by atoms with E-state index >= 15 is 0 Å². The van der Waals surface area contributed by atoms with Crippen LogP contribution in [0.1, 0.15) is 26.2 Å². The van der Waals surface area contributed by atoms with Crippen molar-refractivity contribution in [3.63, 3.8) is 0 Å². The molecule has 0 aromatic heterocycles. The molecule has 0 amide bonds. The molecule has 0 saturated carbocycles. The Kier molecular flexibility index (Phi) is 4.42. The molecule has 1 rings (SSSR count). The van der Waals surface area contributed by atoms with Gasteiger partial charge in [0.1, 0.15) is 0 Å². The Balaban J connectivity index is 2.39. The van der Waals surface area contributed by atoms with E-state index in [0.717, 1.165) is 25.9 Å². The zero-order valence-corrected chi connectivity index (χ0v) is 8.33. The highest BCUT2D eigenvalue weighted by Gasteiger charge is 2.30. The Morgan fingerprint density at radius 3 is 3.00 bits per heavy atom.